The minimum Gasteiger partial charge on any atom is -0.481 e. The second kappa shape index (κ2) is 5.04. The normalized spacial score (nSPS) is 25.9. The lowest BCUT2D eigenvalue weighted by atomic mass is 9.93. The van der Waals surface area contributed by atoms with Crippen LogP contribution in [-0.4, -0.2) is 48.7 Å². The molecule has 98 valence electrons. The zero-order valence-electron chi connectivity index (χ0n) is 10.9. The molecule has 1 aliphatic heterocycles. The number of likely N-dealkylation sites (tertiary alicyclic amines) is 1. The molecule has 0 bridgehead atoms. The smallest absolute Gasteiger partial charge is 0.310 e. The molecule has 0 aromatic heterocycles. The number of carbonyl (C=O) groups excluding carboxylic acids is 1. The summed E-state index contributed by atoms with van der Waals surface area (Å²) in [5.41, 5.74) is -0.787. The highest BCUT2D eigenvalue weighted by Crippen LogP contribution is 2.27. The summed E-state index contributed by atoms with van der Waals surface area (Å²) in [6.45, 7) is 7.19. The van der Waals surface area contributed by atoms with Gasteiger partial charge in [0.25, 0.3) is 0 Å². The maximum Gasteiger partial charge on any atom is 0.310 e. The Hall–Kier alpha value is -1.10. The lowest BCUT2D eigenvalue weighted by molar-refractivity contribution is -0.147. The van der Waals surface area contributed by atoms with Crippen molar-refractivity contribution >= 4 is 11.9 Å². The van der Waals surface area contributed by atoms with Gasteiger partial charge in [-0.1, -0.05) is 6.92 Å². The molecule has 0 spiro atoms. The standard InChI is InChI=1S/C12H21NO4/c1-8-5-13(6-9(8)10(14)17-4)7-12(2,3)11(15)16/h8-9H,5-7H2,1-4H3,(H,15,16). The molecule has 1 fully saturated rings. The summed E-state index contributed by atoms with van der Waals surface area (Å²) in [6.07, 6.45) is 0. The molecule has 1 aliphatic rings. The second-order valence-electron chi connectivity index (χ2n) is 5.49. The minimum absolute atomic E-state index is 0.135. The van der Waals surface area contributed by atoms with E-state index in [1.165, 1.54) is 7.11 Å². The number of methoxy groups -OCH3 is 1. The van der Waals surface area contributed by atoms with Crippen LogP contribution >= 0.6 is 0 Å². The van der Waals surface area contributed by atoms with Gasteiger partial charge in [0.2, 0.25) is 0 Å². The van der Waals surface area contributed by atoms with Crippen molar-refractivity contribution in [2.45, 2.75) is 20.8 Å². The Kier molecular flexibility index (Phi) is 4.14. The van der Waals surface area contributed by atoms with Crippen LogP contribution in [0.2, 0.25) is 0 Å². The van der Waals surface area contributed by atoms with Crippen molar-refractivity contribution in [3.63, 3.8) is 0 Å². The molecule has 0 radical (unpaired) electrons. The lowest BCUT2D eigenvalue weighted by Gasteiger charge is -2.26. The van der Waals surface area contributed by atoms with Gasteiger partial charge < -0.3 is 14.7 Å². The Morgan fingerprint density at radius 3 is 2.47 bits per heavy atom. The summed E-state index contributed by atoms with van der Waals surface area (Å²) in [6, 6.07) is 0. The van der Waals surface area contributed by atoms with Crippen LogP contribution in [0, 0.1) is 17.3 Å². The molecule has 2 atom stereocenters. The van der Waals surface area contributed by atoms with E-state index in [0.717, 1.165) is 6.54 Å². The fraction of sp³-hybridized carbons (Fsp3) is 0.833. The summed E-state index contributed by atoms with van der Waals surface area (Å²) in [5.74, 6) is -0.934. The number of rotatable bonds is 4. The topological polar surface area (TPSA) is 66.8 Å². The van der Waals surface area contributed by atoms with Crippen molar-refractivity contribution in [1.29, 1.82) is 0 Å². The molecule has 1 rings (SSSR count). The van der Waals surface area contributed by atoms with Crippen molar-refractivity contribution in [2.75, 3.05) is 26.7 Å². The first-order valence-electron chi connectivity index (χ1n) is 5.81. The molecule has 0 aromatic carbocycles. The third kappa shape index (κ3) is 3.19. The summed E-state index contributed by atoms with van der Waals surface area (Å²) >= 11 is 0. The number of nitrogens with zero attached hydrogens (tertiary/aromatic N) is 1. The Bertz CT molecular complexity index is 314. The molecule has 0 aromatic rings. The number of esters is 1. The molecule has 5 nitrogen and oxygen atoms in total. The Balaban J connectivity index is 2.61. The van der Waals surface area contributed by atoms with Crippen LogP contribution < -0.4 is 0 Å². The van der Waals surface area contributed by atoms with E-state index in [9.17, 15) is 9.59 Å². The number of carboxylic acids is 1. The monoisotopic (exact) mass is 243 g/mol. The van der Waals surface area contributed by atoms with Gasteiger partial charge in [-0.3, -0.25) is 9.59 Å². The minimum atomic E-state index is -0.813. The summed E-state index contributed by atoms with van der Waals surface area (Å²) < 4.78 is 4.75. The fourth-order valence-electron chi connectivity index (χ4n) is 2.28. The predicted octanol–water partition coefficient (Wildman–Crippen LogP) is 0.838. The van der Waals surface area contributed by atoms with Gasteiger partial charge in [-0.2, -0.15) is 0 Å². The van der Waals surface area contributed by atoms with Crippen LogP contribution in [0.3, 0.4) is 0 Å². The van der Waals surface area contributed by atoms with Crippen LogP contribution in [0.1, 0.15) is 20.8 Å². The van der Waals surface area contributed by atoms with Crippen LogP contribution in [0.4, 0.5) is 0 Å². The number of carbonyl (C=O) groups is 2. The van der Waals surface area contributed by atoms with E-state index in [1.807, 2.05) is 11.8 Å². The van der Waals surface area contributed by atoms with Crippen LogP contribution in [0.15, 0.2) is 0 Å². The number of ether oxygens (including phenoxy) is 1. The van der Waals surface area contributed by atoms with E-state index in [4.69, 9.17) is 9.84 Å². The molecule has 2 unspecified atom stereocenters. The molecule has 1 N–H and O–H groups in total. The van der Waals surface area contributed by atoms with E-state index >= 15 is 0 Å². The van der Waals surface area contributed by atoms with Gasteiger partial charge in [-0.15, -0.1) is 0 Å². The molecule has 17 heavy (non-hydrogen) atoms. The Labute approximate surface area is 102 Å². The molecule has 0 saturated carbocycles. The largest absolute Gasteiger partial charge is 0.481 e. The third-order valence-corrected chi connectivity index (χ3v) is 3.39. The van der Waals surface area contributed by atoms with E-state index in [1.54, 1.807) is 13.8 Å². The van der Waals surface area contributed by atoms with Crippen molar-refractivity contribution < 1.29 is 19.4 Å². The molecule has 1 saturated heterocycles. The summed E-state index contributed by atoms with van der Waals surface area (Å²) in [5, 5.41) is 9.07. The fourth-order valence-corrected chi connectivity index (χ4v) is 2.28. The molecule has 1 heterocycles. The van der Waals surface area contributed by atoms with Crippen molar-refractivity contribution in [2.24, 2.45) is 17.3 Å². The average molecular weight is 243 g/mol. The van der Waals surface area contributed by atoms with E-state index in [-0.39, 0.29) is 17.8 Å². The van der Waals surface area contributed by atoms with Gasteiger partial charge in [0.15, 0.2) is 0 Å². The SMILES string of the molecule is COC(=O)C1CN(CC(C)(C)C(=O)O)CC1C. The maximum absolute atomic E-state index is 11.5. The molecular weight excluding hydrogens is 222 g/mol. The van der Waals surface area contributed by atoms with Gasteiger partial charge in [-0.05, 0) is 19.8 Å². The Morgan fingerprint density at radius 2 is 2.00 bits per heavy atom. The highest BCUT2D eigenvalue weighted by molar-refractivity contribution is 5.74. The van der Waals surface area contributed by atoms with Crippen molar-refractivity contribution in [3.8, 4) is 0 Å². The third-order valence-electron chi connectivity index (χ3n) is 3.39. The van der Waals surface area contributed by atoms with Crippen molar-refractivity contribution in [3.05, 3.63) is 0 Å². The van der Waals surface area contributed by atoms with Gasteiger partial charge in [-0.25, -0.2) is 0 Å². The second-order valence-corrected chi connectivity index (χ2v) is 5.49. The molecule has 5 heteroatoms. The lowest BCUT2D eigenvalue weighted by Crippen LogP contribution is -2.38. The van der Waals surface area contributed by atoms with E-state index in [0.29, 0.717) is 13.1 Å². The zero-order chi connectivity index (χ0) is 13.2. The Morgan fingerprint density at radius 1 is 1.41 bits per heavy atom. The maximum atomic E-state index is 11.5. The number of aliphatic carboxylic acids is 1. The van der Waals surface area contributed by atoms with Crippen LogP contribution in [0.5, 0.6) is 0 Å². The first kappa shape index (κ1) is 14.0. The quantitative estimate of drug-likeness (QED) is 0.741. The summed E-state index contributed by atoms with van der Waals surface area (Å²) in [4.78, 5) is 24.6. The molecule has 0 amide bonds. The number of carboxylic acid groups (broad SMARTS) is 1. The predicted molar refractivity (Wildman–Crippen MR) is 62.5 cm³/mol. The number of hydrogen-bond acceptors (Lipinski definition) is 4. The van der Waals surface area contributed by atoms with E-state index in [2.05, 4.69) is 0 Å². The molecular formula is C12H21NO4. The first-order chi connectivity index (χ1) is 7.77. The van der Waals surface area contributed by atoms with Gasteiger partial charge >= 0.3 is 11.9 Å². The molecule has 0 aliphatic carbocycles. The van der Waals surface area contributed by atoms with Crippen molar-refractivity contribution in [1.82, 2.24) is 4.90 Å². The zero-order valence-corrected chi connectivity index (χ0v) is 10.9. The van der Waals surface area contributed by atoms with Gasteiger partial charge in [0, 0.05) is 19.6 Å². The first-order valence-corrected chi connectivity index (χ1v) is 5.81. The van der Waals surface area contributed by atoms with E-state index < -0.39 is 11.4 Å². The summed E-state index contributed by atoms with van der Waals surface area (Å²) in [7, 11) is 1.39. The van der Waals surface area contributed by atoms with Gasteiger partial charge in [0.05, 0.1) is 18.4 Å². The van der Waals surface area contributed by atoms with Crippen LogP contribution in [0.25, 0.3) is 0 Å². The number of hydrogen-bond donors (Lipinski definition) is 1. The highest BCUT2D eigenvalue weighted by Gasteiger charge is 2.39. The average Bonchev–Trinajstić information content (AvgIpc) is 2.57. The highest BCUT2D eigenvalue weighted by atomic mass is 16.5. The van der Waals surface area contributed by atoms with Gasteiger partial charge in [0.1, 0.15) is 0 Å². The van der Waals surface area contributed by atoms with Crippen LogP contribution in [-0.2, 0) is 14.3 Å².